The summed E-state index contributed by atoms with van der Waals surface area (Å²) >= 11 is 0. The van der Waals surface area contributed by atoms with Gasteiger partial charge in [0.05, 0.1) is 13.2 Å². The Morgan fingerprint density at radius 3 is 2.07 bits per heavy atom. The summed E-state index contributed by atoms with van der Waals surface area (Å²) in [5, 5.41) is 0. The van der Waals surface area contributed by atoms with Crippen LogP contribution >= 0.6 is 0 Å². The first-order valence-electron chi connectivity index (χ1n) is 11.7. The van der Waals surface area contributed by atoms with Crippen LogP contribution in [0.3, 0.4) is 0 Å². The highest BCUT2D eigenvalue weighted by Gasteiger charge is 2.24. The normalized spacial score (nSPS) is 28.5. The quantitative estimate of drug-likeness (QED) is 0.313. The minimum absolute atomic E-state index is 0.706. The summed E-state index contributed by atoms with van der Waals surface area (Å²) in [4.78, 5) is 0. The lowest BCUT2D eigenvalue weighted by molar-refractivity contribution is 0.148. The van der Waals surface area contributed by atoms with Gasteiger partial charge < -0.3 is 4.74 Å². The van der Waals surface area contributed by atoms with E-state index in [0.29, 0.717) is 13.2 Å². The van der Waals surface area contributed by atoms with E-state index in [1.807, 2.05) is 13.0 Å². The van der Waals surface area contributed by atoms with Gasteiger partial charge in [-0.15, -0.1) is 6.58 Å². The molecule has 2 saturated carbocycles. The van der Waals surface area contributed by atoms with Crippen LogP contribution < -0.4 is 0 Å². The van der Waals surface area contributed by atoms with Crippen LogP contribution in [0.25, 0.3) is 0 Å². The van der Waals surface area contributed by atoms with E-state index in [9.17, 15) is 0 Å². The fourth-order valence-electron chi connectivity index (χ4n) is 5.20. The summed E-state index contributed by atoms with van der Waals surface area (Å²) < 4.78 is 5.66. The van der Waals surface area contributed by atoms with E-state index in [2.05, 4.69) is 43.0 Å². The number of benzene rings is 1. The molecule has 0 unspecified atom stereocenters. The molecule has 1 aromatic rings. The lowest BCUT2D eigenvalue weighted by atomic mass is 9.74. The molecule has 0 aliphatic heterocycles. The Kier molecular flexibility index (Phi) is 8.86. The molecule has 1 nitrogen and oxygen atoms in total. The molecule has 0 amide bonds. The zero-order valence-electron chi connectivity index (χ0n) is 18.0. The van der Waals surface area contributed by atoms with Gasteiger partial charge in [-0.25, -0.2) is 0 Å². The van der Waals surface area contributed by atoms with Gasteiger partial charge in [0.2, 0.25) is 0 Å². The van der Waals surface area contributed by atoms with E-state index in [1.165, 1.54) is 69.8 Å². The molecule has 2 aliphatic carbocycles. The summed E-state index contributed by atoms with van der Waals surface area (Å²) in [5.41, 5.74) is 2.83. The zero-order chi connectivity index (χ0) is 19.6. The Labute approximate surface area is 173 Å². The summed E-state index contributed by atoms with van der Waals surface area (Å²) in [6.45, 7) is 7.43. The largest absolute Gasteiger partial charge is 0.373 e. The lowest BCUT2D eigenvalue weighted by Gasteiger charge is -2.31. The number of ether oxygens (including phenoxy) is 1. The third kappa shape index (κ3) is 6.62. The highest BCUT2D eigenvalue weighted by molar-refractivity contribution is 5.25. The van der Waals surface area contributed by atoms with Crippen LogP contribution in [-0.2, 0) is 11.3 Å². The number of hydrogen-bond acceptors (Lipinski definition) is 1. The lowest BCUT2D eigenvalue weighted by Crippen LogP contribution is -2.17. The van der Waals surface area contributed by atoms with Crippen LogP contribution in [0.2, 0.25) is 0 Å². The molecule has 1 heteroatoms. The van der Waals surface area contributed by atoms with Crippen LogP contribution in [-0.4, -0.2) is 6.61 Å². The standard InChI is InChI=1S/C27H40O/c1-3-5-20-28-21-25-14-18-27(19-15-25)26-16-12-24(13-17-26)11-10-23-8-6-22(4-2)7-9-23/h3-5,14-15,18-19,22-24,26H,2,6-13,16-17,20-21H2,1H3. The molecule has 154 valence electrons. The monoisotopic (exact) mass is 380 g/mol. The number of hydrogen-bond donors (Lipinski definition) is 0. The topological polar surface area (TPSA) is 9.23 Å². The molecular weight excluding hydrogens is 340 g/mol. The average molecular weight is 381 g/mol. The molecule has 2 aliphatic rings. The van der Waals surface area contributed by atoms with E-state index in [-0.39, 0.29) is 0 Å². The van der Waals surface area contributed by atoms with Crippen molar-refractivity contribution in [2.24, 2.45) is 17.8 Å². The predicted octanol–water partition coefficient (Wildman–Crippen LogP) is 7.83. The summed E-state index contributed by atoms with van der Waals surface area (Å²) in [6.07, 6.45) is 20.5. The van der Waals surface area contributed by atoms with Gasteiger partial charge in [0, 0.05) is 0 Å². The maximum Gasteiger partial charge on any atom is 0.0721 e. The van der Waals surface area contributed by atoms with Gasteiger partial charge in [-0.05, 0) is 93.1 Å². The van der Waals surface area contributed by atoms with Crippen LogP contribution in [0.4, 0.5) is 0 Å². The summed E-state index contributed by atoms with van der Waals surface area (Å²) in [6, 6.07) is 9.21. The molecule has 0 spiro atoms. The van der Waals surface area contributed by atoms with Crippen LogP contribution in [0.15, 0.2) is 49.1 Å². The van der Waals surface area contributed by atoms with Crippen molar-refractivity contribution >= 4 is 0 Å². The maximum absolute atomic E-state index is 5.66. The van der Waals surface area contributed by atoms with Gasteiger partial charge >= 0.3 is 0 Å². The molecule has 0 atom stereocenters. The van der Waals surface area contributed by atoms with Crippen molar-refractivity contribution in [1.82, 2.24) is 0 Å². The number of allylic oxidation sites excluding steroid dienone is 2. The van der Waals surface area contributed by atoms with Crippen molar-refractivity contribution in [1.29, 1.82) is 0 Å². The van der Waals surface area contributed by atoms with Gasteiger partial charge in [0.25, 0.3) is 0 Å². The molecular formula is C27H40O. The van der Waals surface area contributed by atoms with Gasteiger partial charge in [-0.3, -0.25) is 0 Å². The summed E-state index contributed by atoms with van der Waals surface area (Å²) in [7, 11) is 0. The van der Waals surface area contributed by atoms with Gasteiger partial charge in [-0.1, -0.05) is 55.3 Å². The molecule has 0 aromatic heterocycles. The van der Waals surface area contributed by atoms with Crippen LogP contribution in [0, 0.1) is 17.8 Å². The summed E-state index contributed by atoms with van der Waals surface area (Å²) in [5.74, 6) is 3.55. The van der Waals surface area contributed by atoms with Crippen molar-refractivity contribution in [2.75, 3.05) is 6.61 Å². The highest BCUT2D eigenvalue weighted by atomic mass is 16.5. The molecule has 2 fully saturated rings. The van der Waals surface area contributed by atoms with E-state index in [4.69, 9.17) is 4.74 Å². The molecule has 28 heavy (non-hydrogen) atoms. The van der Waals surface area contributed by atoms with E-state index < -0.39 is 0 Å². The zero-order valence-corrected chi connectivity index (χ0v) is 18.0. The first kappa shape index (κ1) is 21.4. The van der Waals surface area contributed by atoms with Crippen molar-refractivity contribution in [3.63, 3.8) is 0 Å². The smallest absolute Gasteiger partial charge is 0.0721 e. The molecule has 0 radical (unpaired) electrons. The number of rotatable bonds is 9. The Hall–Kier alpha value is -1.34. The van der Waals surface area contributed by atoms with Crippen LogP contribution in [0.5, 0.6) is 0 Å². The molecule has 1 aromatic carbocycles. The van der Waals surface area contributed by atoms with Crippen molar-refractivity contribution in [2.45, 2.75) is 83.7 Å². The van der Waals surface area contributed by atoms with Crippen molar-refractivity contribution in [3.05, 3.63) is 60.2 Å². The first-order valence-corrected chi connectivity index (χ1v) is 11.7. The predicted molar refractivity (Wildman–Crippen MR) is 120 cm³/mol. The third-order valence-corrected chi connectivity index (χ3v) is 7.22. The molecule has 0 N–H and O–H groups in total. The van der Waals surface area contributed by atoms with Gasteiger partial charge in [0.1, 0.15) is 0 Å². The second-order valence-electron chi connectivity index (χ2n) is 9.14. The molecule has 3 rings (SSSR count). The fourth-order valence-corrected chi connectivity index (χ4v) is 5.20. The Bertz CT molecular complexity index is 583. The van der Waals surface area contributed by atoms with Crippen molar-refractivity contribution in [3.8, 4) is 0 Å². The Morgan fingerprint density at radius 1 is 0.893 bits per heavy atom. The third-order valence-electron chi connectivity index (χ3n) is 7.22. The Morgan fingerprint density at radius 2 is 1.50 bits per heavy atom. The highest BCUT2D eigenvalue weighted by Crippen LogP contribution is 2.39. The van der Waals surface area contributed by atoms with E-state index in [0.717, 1.165) is 23.7 Å². The molecule has 0 heterocycles. The average Bonchev–Trinajstić information content (AvgIpc) is 2.76. The minimum Gasteiger partial charge on any atom is -0.373 e. The van der Waals surface area contributed by atoms with E-state index >= 15 is 0 Å². The van der Waals surface area contributed by atoms with Crippen LogP contribution in [0.1, 0.15) is 88.2 Å². The fraction of sp³-hybridized carbons (Fsp3) is 0.630. The first-order chi connectivity index (χ1) is 13.8. The minimum atomic E-state index is 0.706. The Balaban J connectivity index is 1.35. The van der Waals surface area contributed by atoms with Crippen molar-refractivity contribution < 1.29 is 4.74 Å². The molecule has 0 bridgehead atoms. The van der Waals surface area contributed by atoms with Gasteiger partial charge in [0.15, 0.2) is 0 Å². The maximum atomic E-state index is 5.66. The second-order valence-corrected chi connectivity index (χ2v) is 9.14. The van der Waals surface area contributed by atoms with Gasteiger partial charge in [-0.2, -0.15) is 0 Å². The SMILES string of the molecule is C=CC1CCC(CCC2CCC(c3ccc(COCC=CC)cc3)CC2)CC1. The molecule has 0 saturated heterocycles. The van der Waals surface area contributed by atoms with E-state index in [1.54, 1.807) is 5.56 Å². The second kappa shape index (κ2) is 11.6.